The average Bonchev–Trinajstić information content (AvgIpc) is 2.09. The molecule has 0 saturated heterocycles. The van der Waals surface area contributed by atoms with Crippen molar-refractivity contribution in [2.75, 3.05) is 47.6 Å². The zero-order valence-electron chi connectivity index (χ0n) is 10.3. The van der Waals surface area contributed by atoms with Crippen molar-refractivity contribution in [1.82, 2.24) is 4.90 Å². The fraction of sp³-hybridized carbons (Fsp3) is 0.909. The number of ether oxygens (including phenoxy) is 2. The van der Waals surface area contributed by atoms with Crippen LogP contribution in [0.4, 0.5) is 0 Å². The van der Waals surface area contributed by atoms with E-state index < -0.39 is 0 Å². The zero-order valence-corrected chi connectivity index (χ0v) is 10.3. The molecule has 0 bridgehead atoms. The topological polar surface area (TPSA) is 64.8 Å². The maximum Gasteiger partial charge on any atom is 0.219 e. The average molecular weight is 238 g/mol. The summed E-state index contributed by atoms with van der Waals surface area (Å²) < 4.78 is 10.0. The Hall–Kier alpha value is -0.650. The molecule has 2 N–H and O–H groups in total. The molecule has 0 aromatic heterocycles. The minimum atomic E-state index is -0.332. The lowest BCUT2D eigenvalue weighted by molar-refractivity contribution is -0.119. The molecule has 0 atom stereocenters. The van der Waals surface area contributed by atoms with E-state index >= 15 is 0 Å². The van der Waals surface area contributed by atoms with Crippen LogP contribution in [0.25, 0.3) is 0 Å². The summed E-state index contributed by atoms with van der Waals surface area (Å²) in [6, 6.07) is 0. The lowest BCUT2D eigenvalue weighted by atomic mass is 10.4. The van der Waals surface area contributed by atoms with E-state index in [-0.39, 0.29) is 21.2 Å². The first-order chi connectivity index (χ1) is 7.00. The Bertz CT molecular complexity index is 144. The Balaban J connectivity index is -0.000000123. The Kier molecular flexibility index (Phi) is 21.7. The van der Waals surface area contributed by atoms with Gasteiger partial charge in [0.15, 0.2) is 0 Å². The Morgan fingerprint density at radius 2 is 1.62 bits per heavy atom. The molecule has 0 fully saturated rings. The summed E-state index contributed by atoms with van der Waals surface area (Å²) in [6.07, 6.45) is 0.284. The van der Waals surface area contributed by atoms with Crippen LogP contribution >= 0.6 is 0 Å². The zero-order chi connectivity index (χ0) is 12.1. The molecule has 1 amide bonds. The number of carbonyl (C=O) groups is 1. The molecule has 102 valence electrons. The molecule has 5 nitrogen and oxygen atoms in total. The summed E-state index contributed by atoms with van der Waals surface area (Å²) in [5, 5.41) is 0. The SMILES string of the molecule is C.CCOCCOCCC(N)=O.CN(C)C.[HH]. The molecule has 0 heterocycles. The predicted octanol–water partition coefficient (Wildman–Crippen LogP) is 0.975. The van der Waals surface area contributed by atoms with Gasteiger partial charge in [-0.2, -0.15) is 0 Å². The van der Waals surface area contributed by atoms with E-state index in [4.69, 9.17) is 15.2 Å². The van der Waals surface area contributed by atoms with E-state index in [1.807, 2.05) is 33.0 Å². The highest BCUT2D eigenvalue weighted by Crippen LogP contribution is 1.81. The first kappa shape index (κ1) is 20.7. The highest BCUT2D eigenvalue weighted by atomic mass is 16.5. The standard InChI is InChI=1S/C7H15NO3.C3H9N.CH4.H2/c1-2-10-5-6-11-4-3-7(8)9;1-4(2)3;;/h2-6H2,1H3,(H2,8,9);1-3H3;1H4;1H. The van der Waals surface area contributed by atoms with Gasteiger partial charge in [-0.15, -0.1) is 0 Å². The number of nitrogens with zero attached hydrogens (tertiary/aromatic N) is 1. The molecule has 0 saturated carbocycles. The second-order valence-electron chi connectivity index (χ2n) is 3.37. The van der Waals surface area contributed by atoms with Gasteiger partial charge in [-0.05, 0) is 28.1 Å². The number of rotatable bonds is 7. The Labute approximate surface area is 101 Å². The number of amides is 1. The van der Waals surface area contributed by atoms with E-state index in [0.717, 1.165) is 0 Å². The van der Waals surface area contributed by atoms with Crippen LogP contribution in [0, 0.1) is 0 Å². The monoisotopic (exact) mass is 238 g/mol. The number of primary amides is 1. The smallest absolute Gasteiger partial charge is 0.219 e. The number of nitrogens with two attached hydrogens (primary N) is 1. The first-order valence-corrected chi connectivity index (χ1v) is 5.05. The third kappa shape index (κ3) is 37.7. The van der Waals surface area contributed by atoms with Gasteiger partial charge in [0.2, 0.25) is 5.91 Å². The third-order valence-electron chi connectivity index (χ3n) is 1.07. The molecule has 5 heteroatoms. The van der Waals surface area contributed by atoms with Gasteiger partial charge in [0.1, 0.15) is 0 Å². The number of carbonyl (C=O) groups excluding carboxylic acids is 1. The quantitative estimate of drug-likeness (QED) is 0.671. The maximum atomic E-state index is 10.2. The van der Waals surface area contributed by atoms with Gasteiger partial charge in [0.25, 0.3) is 0 Å². The normalized spacial score (nSPS) is 9.06. The molecule has 0 aliphatic heterocycles. The fourth-order valence-electron chi connectivity index (χ4n) is 0.537. The van der Waals surface area contributed by atoms with Crippen molar-refractivity contribution in [1.29, 1.82) is 0 Å². The molecular formula is C11H30N2O3. The van der Waals surface area contributed by atoms with E-state index in [2.05, 4.69) is 0 Å². The van der Waals surface area contributed by atoms with Gasteiger partial charge in [-0.25, -0.2) is 0 Å². The third-order valence-corrected chi connectivity index (χ3v) is 1.07. The summed E-state index contributed by atoms with van der Waals surface area (Å²) in [4.78, 5) is 12.2. The van der Waals surface area contributed by atoms with Crippen LogP contribution in [0.1, 0.15) is 22.2 Å². The van der Waals surface area contributed by atoms with Crippen LogP contribution in [0.3, 0.4) is 0 Å². The Morgan fingerprint density at radius 1 is 1.19 bits per heavy atom. The number of hydrogen-bond acceptors (Lipinski definition) is 4. The molecule has 0 aliphatic carbocycles. The van der Waals surface area contributed by atoms with E-state index in [0.29, 0.717) is 26.4 Å². The number of hydrogen-bond donors (Lipinski definition) is 1. The van der Waals surface area contributed by atoms with Gasteiger partial charge >= 0.3 is 0 Å². The largest absolute Gasteiger partial charge is 0.379 e. The van der Waals surface area contributed by atoms with Gasteiger partial charge in [0.05, 0.1) is 19.8 Å². The lowest BCUT2D eigenvalue weighted by Gasteiger charge is -2.01. The molecule has 0 aromatic carbocycles. The molecule has 16 heavy (non-hydrogen) atoms. The first-order valence-electron chi connectivity index (χ1n) is 5.05. The highest BCUT2D eigenvalue weighted by molar-refractivity contribution is 5.73. The molecular weight excluding hydrogens is 208 g/mol. The molecule has 0 spiro atoms. The van der Waals surface area contributed by atoms with E-state index in [1.165, 1.54) is 0 Å². The molecule has 0 aliphatic rings. The van der Waals surface area contributed by atoms with Crippen molar-refractivity contribution in [3.8, 4) is 0 Å². The molecule has 0 rings (SSSR count). The van der Waals surface area contributed by atoms with Crippen LogP contribution in [0.5, 0.6) is 0 Å². The Morgan fingerprint density at radius 3 is 2.00 bits per heavy atom. The predicted molar refractivity (Wildman–Crippen MR) is 69.6 cm³/mol. The van der Waals surface area contributed by atoms with Crippen molar-refractivity contribution in [3.05, 3.63) is 0 Å². The van der Waals surface area contributed by atoms with E-state index in [1.54, 1.807) is 0 Å². The fourth-order valence-corrected chi connectivity index (χ4v) is 0.537. The summed E-state index contributed by atoms with van der Waals surface area (Å²) in [7, 11) is 6.00. The van der Waals surface area contributed by atoms with Crippen LogP contribution in [-0.4, -0.2) is 58.4 Å². The minimum absolute atomic E-state index is 0. The molecule has 0 aromatic rings. The minimum Gasteiger partial charge on any atom is -0.379 e. The van der Waals surface area contributed by atoms with Crippen molar-refractivity contribution in [2.45, 2.75) is 20.8 Å². The summed E-state index contributed by atoms with van der Waals surface area (Å²) in [5.74, 6) is -0.332. The van der Waals surface area contributed by atoms with Gasteiger partial charge < -0.3 is 20.1 Å². The van der Waals surface area contributed by atoms with Crippen molar-refractivity contribution < 1.29 is 15.7 Å². The summed E-state index contributed by atoms with van der Waals surface area (Å²) >= 11 is 0. The maximum absolute atomic E-state index is 10.2. The van der Waals surface area contributed by atoms with Gasteiger partial charge in [-0.1, -0.05) is 7.43 Å². The van der Waals surface area contributed by atoms with Crippen molar-refractivity contribution in [3.63, 3.8) is 0 Å². The summed E-state index contributed by atoms with van der Waals surface area (Å²) in [6.45, 7) is 4.11. The van der Waals surface area contributed by atoms with Crippen LogP contribution in [0.2, 0.25) is 0 Å². The van der Waals surface area contributed by atoms with Crippen LogP contribution in [0.15, 0.2) is 0 Å². The van der Waals surface area contributed by atoms with E-state index in [9.17, 15) is 4.79 Å². The van der Waals surface area contributed by atoms with Gasteiger partial charge in [0, 0.05) is 14.5 Å². The van der Waals surface area contributed by atoms with Crippen LogP contribution < -0.4 is 5.73 Å². The molecule has 0 radical (unpaired) electrons. The lowest BCUT2D eigenvalue weighted by Crippen LogP contribution is -2.14. The van der Waals surface area contributed by atoms with Gasteiger partial charge in [-0.3, -0.25) is 4.79 Å². The van der Waals surface area contributed by atoms with Crippen LogP contribution in [-0.2, 0) is 14.3 Å². The summed E-state index contributed by atoms with van der Waals surface area (Å²) in [5.41, 5.74) is 4.88. The second kappa shape index (κ2) is 16.8. The van der Waals surface area contributed by atoms with Crippen molar-refractivity contribution in [2.24, 2.45) is 5.73 Å². The molecule has 0 unspecified atom stereocenters. The second-order valence-corrected chi connectivity index (χ2v) is 3.37. The van der Waals surface area contributed by atoms with Crippen molar-refractivity contribution >= 4 is 5.91 Å². The highest BCUT2D eigenvalue weighted by Gasteiger charge is 1.93.